The molecule has 2 amide bonds. The maximum Gasteiger partial charge on any atom is 0.244 e. The Morgan fingerprint density at radius 2 is 1.82 bits per heavy atom. The van der Waals surface area contributed by atoms with E-state index in [2.05, 4.69) is 26.1 Å². The largest absolute Gasteiger partial charge is 0.324 e. The molecular weight excluding hydrogens is 418 g/mol. The van der Waals surface area contributed by atoms with Crippen molar-refractivity contribution in [2.75, 3.05) is 31.5 Å². The molecule has 5 nitrogen and oxygen atoms in total. The molecule has 2 aromatic rings. The summed E-state index contributed by atoms with van der Waals surface area (Å²) in [6.45, 7) is 2.31. The van der Waals surface area contributed by atoms with Crippen molar-refractivity contribution in [3.63, 3.8) is 0 Å². The highest BCUT2D eigenvalue weighted by Gasteiger charge is 2.34. The number of nitrogens with zero attached hydrogens (tertiary/aromatic N) is 2. The Morgan fingerprint density at radius 1 is 1.07 bits per heavy atom. The molecule has 0 unspecified atom stereocenters. The summed E-state index contributed by atoms with van der Waals surface area (Å²) in [4.78, 5) is 29.9. The molecule has 28 heavy (non-hydrogen) atoms. The summed E-state index contributed by atoms with van der Waals surface area (Å²) in [6, 6.07) is 15.5. The van der Waals surface area contributed by atoms with E-state index in [4.69, 9.17) is 0 Å². The number of anilines is 1. The van der Waals surface area contributed by atoms with Crippen molar-refractivity contribution in [2.45, 2.75) is 25.3 Å². The predicted molar refractivity (Wildman–Crippen MR) is 113 cm³/mol. The van der Waals surface area contributed by atoms with E-state index in [0.29, 0.717) is 6.54 Å². The van der Waals surface area contributed by atoms with E-state index in [0.717, 1.165) is 47.2 Å². The lowest BCUT2D eigenvalue weighted by atomic mass is 9.96. The first-order chi connectivity index (χ1) is 13.6. The van der Waals surface area contributed by atoms with Crippen molar-refractivity contribution in [3.8, 4) is 0 Å². The molecular formula is C22H24BrN3O2. The summed E-state index contributed by atoms with van der Waals surface area (Å²) in [6.07, 6.45) is 3.49. The molecule has 2 aliphatic rings. The van der Waals surface area contributed by atoms with Crippen LogP contribution in [0, 0.1) is 0 Å². The molecule has 0 radical (unpaired) electrons. The maximum absolute atomic E-state index is 13.3. The zero-order valence-electron chi connectivity index (χ0n) is 15.7. The van der Waals surface area contributed by atoms with Crippen LogP contribution in [0.5, 0.6) is 0 Å². The van der Waals surface area contributed by atoms with Crippen LogP contribution < -0.4 is 5.32 Å². The lowest BCUT2D eigenvalue weighted by molar-refractivity contribution is -0.137. The summed E-state index contributed by atoms with van der Waals surface area (Å²) in [7, 11) is 0. The number of hydrogen-bond acceptors (Lipinski definition) is 3. The van der Waals surface area contributed by atoms with Crippen molar-refractivity contribution >= 4 is 33.4 Å². The minimum atomic E-state index is -0.301. The third-order valence-electron chi connectivity index (χ3n) is 5.45. The van der Waals surface area contributed by atoms with Gasteiger partial charge in [0.25, 0.3) is 0 Å². The zero-order valence-corrected chi connectivity index (χ0v) is 17.3. The van der Waals surface area contributed by atoms with Crippen LogP contribution in [-0.4, -0.2) is 47.8 Å². The van der Waals surface area contributed by atoms with Crippen molar-refractivity contribution in [2.24, 2.45) is 0 Å². The van der Waals surface area contributed by atoms with Crippen LogP contribution >= 0.6 is 15.9 Å². The Bertz CT molecular complexity index is 865. The lowest BCUT2D eigenvalue weighted by Gasteiger charge is -2.33. The minimum absolute atomic E-state index is 0.00118. The van der Waals surface area contributed by atoms with Gasteiger partial charge >= 0.3 is 0 Å². The zero-order chi connectivity index (χ0) is 19.5. The molecule has 0 spiro atoms. The average molecular weight is 442 g/mol. The molecule has 4 rings (SSSR count). The smallest absolute Gasteiger partial charge is 0.244 e. The highest BCUT2D eigenvalue weighted by atomic mass is 79.9. The number of benzene rings is 2. The molecule has 146 valence electrons. The number of piperidine rings is 1. The van der Waals surface area contributed by atoms with Gasteiger partial charge in [-0.3, -0.25) is 14.5 Å². The first-order valence-corrected chi connectivity index (χ1v) is 10.6. The number of amides is 2. The molecule has 0 saturated carbocycles. The van der Waals surface area contributed by atoms with E-state index in [1.165, 1.54) is 6.42 Å². The molecule has 1 fully saturated rings. The number of rotatable bonds is 3. The van der Waals surface area contributed by atoms with Gasteiger partial charge in [0.2, 0.25) is 11.8 Å². The fourth-order valence-corrected chi connectivity index (χ4v) is 4.48. The van der Waals surface area contributed by atoms with Gasteiger partial charge < -0.3 is 10.2 Å². The van der Waals surface area contributed by atoms with Gasteiger partial charge in [-0.1, -0.05) is 52.7 Å². The van der Waals surface area contributed by atoms with E-state index < -0.39 is 0 Å². The Morgan fingerprint density at radius 3 is 2.57 bits per heavy atom. The summed E-state index contributed by atoms with van der Waals surface area (Å²) >= 11 is 3.54. The maximum atomic E-state index is 13.3. The molecule has 0 aromatic heterocycles. The number of carbonyl (C=O) groups is 2. The summed E-state index contributed by atoms with van der Waals surface area (Å²) in [5, 5.41) is 2.97. The van der Waals surface area contributed by atoms with Crippen LogP contribution in [-0.2, 0) is 9.59 Å². The van der Waals surface area contributed by atoms with Crippen LogP contribution in [0.3, 0.4) is 0 Å². The number of nitrogens with one attached hydrogen (secondary N) is 1. The number of likely N-dealkylation sites (tertiary alicyclic amines) is 1. The van der Waals surface area contributed by atoms with Gasteiger partial charge in [0.05, 0.1) is 12.6 Å². The first kappa shape index (κ1) is 19.2. The topological polar surface area (TPSA) is 52.7 Å². The molecule has 1 atom stereocenters. The Balaban J connectivity index is 1.73. The minimum Gasteiger partial charge on any atom is -0.324 e. The average Bonchev–Trinajstić information content (AvgIpc) is 2.85. The Labute approximate surface area is 173 Å². The van der Waals surface area contributed by atoms with E-state index in [1.54, 1.807) is 4.90 Å². The third kappa shape index (κ3) is 4.13. The van der Waals surface area contributed by atoms with Crippen LogP contribution in [0.15, 0.2) is 53.0 Å². The van der Waals surface area contributed by atoms with Gasteiger partial charge in [-0.15, -0.1) is 0 Å². The monoisotopic (exact) mass is 441 g/mol. The predicted octanol–water partition coefficient (Wildman–Crippen LogP) is 3.81. The van der Waals surface area contributed by atoms with Crippen molar-refractivity contribution in [3.05, 3.63) is 64.1 Å². The molecule has 2 aromatic carbocycles. The van der Waals surface area contributed by atoms with Crippen molar-refractivity contribution in [1.29, 1.82) is 0 Å². The molecule has 0 aliphatic carbocycles. The highest BCUT2D eigenvalue weighted by Crippen LogP contribution is 2.37. The first-order valence-electron chi connectivity index (χ1n) is 9.78. The molecule has 1 saturated heterocycles. The third-order valence-corrected chi connectivity index (χ3v) is 5.94. The van der Waals surface area contributed by atoms with E-state index in [-0.39, 0.29) is 24.4 Å². The second kappa shape index (κ2) is 8.45. The number of halogens is 1. The number of fused-ring (bicyclic) bond motifs is 1. The normalized spacial score (nSPS) is 20.2. The SMILES string of the molecule is O=C1CN(C(=O)CN2CCCCC2)[C@H](c2ccccc2)c2cc(Br)ccc2N1. The van der Waals surface area contributed by atoms with Gasteiger partial charge in [0.1, 0.15) is 6.54 Å². The van der Waals surface area contributed by atoms with Crippen LogP contribution in [0.1, 0.15) is 36.4 Å². The fourth-order valence-electron chi connectivity index (χ4n) is 4.10. The Kier molecular flexibility index (Phi) is 5.78. The van der Waals surface area contributed by atoms with Crippen LogP contribution in [0.25, 0.3) is 0 Å². The second-order valence-electron chi connectivity index (χ2n) is 7.45. The fraction of sp³-hybridized carbons (Fsp3) is 0.364. The van der Waals surface area contributed by atoms with Crippen molar-refractivity contribution < 1.29 is 9.59 Å². The van der Waals surface area contributed by atoms with Gasteiger partial charge in [-0.2, -0.15) is 0 Å². The lowest BCUT2D eigenvalue weighted by Crippen LogP contribution is -2.45. The Hall–Kier alpha value is -2.18. The highest BCUT2D eigenvalue weighted by molar-refractivity contribution is 9.10. The van der Waals surface area contributed by atoms with Gasteiger partial charge in [-0.25, -0.2) is 0 Å². The standard InChI is InChI=1S/C22H24BrN3O2/c23-17-9-10-19-18(13-17)22(16-7-3-1-4-8-16)26(14-20(27)24-19)21(28)15-25-11-5-2-6-12-25/h1,3-4,7-10,13,22H,2,5-6,11-12,14-15H2,(H,24,27)/t22-/m1/s1. The molecule has 6 heteroatoms. The quantitative estimate of drug-likeness (QED) is 0.787. The van der Waals surface area contributed by atoms with Crippen LogP contribution in [0.2, 0.25) is 0 Å². The summed E-state index contributed by atoms with van der Waals surface area (Å²) in [5.74, 6) is -0.160. The van der Waals surface area contributed by atoms with Crippen molar-refractivity contribution in [1.82, 2.24) is 9.80 Å². The number of carbonyl (C=O) groups excluding carboxylic acids is 2. The van der Waals surface area contributed by atoms with E-state index in [1.807, 2.05) is 48.5 Å². The summed E-state index contributed by atoms with van der Waals surface area (Å²) < 4.78 is 0.923. The van der Waals surface area contributed by atoms with Crippen LogP contribution in [0.4, 0.5) is 5.69 Å². The van der Waals surface area contributed by atoms with Gasteiger partial charge in [-0.05, 0) is 49.7 Å². The van der Waals surface area contributed by atoms with Gasteiger partial charge in [0, 0.05) is 15.7 Å². The van der Waals surface area contributed by atoms with Gasteiger partial charge in [0.15, 0.2) is 0 Å². The molecule has 2 heterocycles. The van der Waals surface area contributed by atoms with E-state index in [9.17, 15) is 9.59 Å². The molecule has 2 aliphatic heterocycles. The van der Waals surface area contributed by atoms with E-state index >= 15 is 0 Å². The molecule has 0 bridgehead atoms. The molecule has 1 N–H and O–H groups in total. The number of hydrogen-bond donors (Lipinski definition) is 1. The second-order valence-corrected chi connectivity index (χ2v) is 8.37. The summed E-state index contributed by atoms with van der Waals surface area (Å²) in [5.41, 5.74) is 2.69.